The van der Waals surface area contributed by atoms with Gasteiger partial charge in [-0.2, -0.15) is 0 Å². The second kappa shape index (κ2) is 6.24. The molecule has 2 fully saturated rings. The zero-order chi connectivity index (χ0) is 15.6. The Hall–Kier alpha value is -1.92. The summed E-state index contributed by atoms with van der Waals surface area (Å²) in [6.45, 7) is 0. The molecule has 1 aliphatic heterocycles. The molecule has 1 aliphatic carbocycles. The number of carboxylic acid groups (broad SMARTS) is 1. The zero-order valence-corrected chi connectivity index (χ0v) is 11.8. The third kappa shape index (κ3) is 3.40. The lowest BCUT2D eigenvalue weighted by molar-refractivity contribution is -0.173. The molecule has 0 aromatic heterocycles. The maximum atomic E-state index is 11.9. The molecule has 2 N–H and O–H groups in total. The average molecular weight is 297 g/mol. The van der Waals surface area contributed by atoms with Crippen LogP contribution in [0.25, 0.3) is 0 Å². The smallest absolute Gasteiger partial charge is 0.316 e. The van der Waals surface area contributed by atoms with E-state index >= 15 is 0 Å². The predicted molar refractivity (Wildman–Crippen MR) is 69.8 cm³/mol. The first-order valence-corrected chi connectivity index (χ1v) is 7.12. The van der Waals surface area contributed by atoms with E-state index in [9.17, 15) is 24.3 Å². The lowest BCUT2D eigenvalue weighted by Crippen LogP contribution is -2.37. The first-order chi connectivity index (χ1) is 9.92. The van der Waals surface area contributed by atoms with Crippen molar-refractivity contribution >= 4 is 23.8 Å². The summed E-state index contributed by atoms with van der Waals surface area (Å²) in [5.41, 5.74) is 0. The molecule has 0 radical (unpaired) electrons. The SMILES string of the molecule is CNC(=O)C1CCC(C(=O)O)CC2CC(C1)C(=O)OC2=O. The van der Waals surface area contributed by atoms with E-state index in [1.54, 1.807) is 0 Å². The number of carbonyl (C=O) groups is 4. The van der Waals surface area contributed by atoms with Crippen molar-refractivity contribution in [2.24, 2.45) is 23.7 Å². The molecule has 1 saturated heterocycles. The molecule has 1 saturated carbocycles. The van der Waals surface area contributed by atoms with Crippen LogP contribution in [0, 0.1) is 23.7 Å². The van der Waals surface area contributed by atoms with Gasteiger partial charge in [-0.3, -0.25) is 19.2 Å². The van der Waals surface area contributed by atoms with Crippen LogP contribution in [0.2, 0.25) is 0 Å². The van der Waals surface area contributed by atoms with E-state index in [0.717, 1.165) is 0 Å². The lowest BCUT2D eigenvalue weighted by atomic mass is 9.83. The van der Waals surface area contributed by atoms with Crippen LogP contribution < -0.4 is 5.32 Å². The van der Waals surface area contributed by atoms with Gasteiger partial charge in [0.2, 0.25) is 5.91 Å². The second-order valence-corrected chi connectivity index (χ2v) is 5.76. The zero-order valence-electron chi connectivity index (χ0n) is 11.8. The minimum Gasteiger partial charge on any atom is -0.481 e. The van der Waals surface area contributed by atoms with E-state index in [1.165, 1.54) is 7.05 Å². The first-order valence-electron chi connectivity index (χ1n) is 7.12. The number of aliphatic carboxylic acids is 1. The van der Waals surface area contributed by atoms with Gasteiger partial charge in [-0.1, -0.05) is 0 Å². The van der Waals surface area contributed by atoms with Gasteiger partial charge in [-0.05, 0) is 32.1 Å². The van der Waals surface area contributed by atoms with Crippen LogP contribution in [0.15, 0.2) is 0 Å². The van der Waals surface area contributed by atoms with E-state index in [-0.39, 0.29) is 18.7 Å². The summed E-state index contributed by atoms with van der Waals surface area (Å²) in [5.74, 6) is -4.63. The molecule has 1 heterocycles. The van der Waals surface area contributed by atoms with Crippen LogP contribution >= 0.6 is 0 Å². The molecule has 0 spiro atoms. The Kier molecular flexibility index (Phi) is 4.59. The number of hydrogen-bond acceptors (Lipinski definition) is 5. The number of hydrogen-bond donors (Lipinski definition) is 2. The number of nitrogens with one attached hydrogen (secondary N) is 1. The molecule has 2 aliphatic rings. The van der Waals surface area contributed by atoms with Gasteiger partial charge in [-0.15, -0.1) is 0 Å². The number of cyclic esters (lactones) is 2. The number of esters is 2. The van der Waals surface area contributed by atoms with Crippen LogP contribution in [0.5, 0.6) is 0 Å². The summed E-state index contributed by atoms with van der Waals surface area (Å²) in [4.78, 5) is 46.7. The fourth-order valence-electron chi connectivity index (χ4n) is 3.18. The molecule has 0 aromatic carbocycles. The van der Waals surface area contributed by atoms with E-state index < -0.39 is 41.6 Å². The predicted octanol–water partition coefficient (Wildman–Crippen LogP) is 0.329. The number of rotatable bonds is 2. The fourth-order valence-corrected chi connectivity index (χ4v) is 3.18. The van der Waals surface area contributed by atoms with Crippen molar-refractivity contribution < 1.29 is 29.0 Å². The maximum Gasteiger partial charge on any atom is 0.316 e. The average Bonchev–Trinajstić information content (AvgIpc) is 2.52. The van der Waals surface area contributed by atoms with Gasteiger partial charge >= 0.3 is 17.9 Å². The number of ether oxygens (including phenoxy) is 1. The molecule has 1 amide bonds. The van der Waals surface area contributed by atoms with E-state index in [0.29, 0.717) is 19.3 Å². The van der Waals surface area contributed by atoms with Crippen LogP contribution in [0.3, 0.4) is 0 Å². The van der Waals surface area contributed by atoms with Gasteiger partial charge in [0.1, 0.15) is 0 Å². The molecular weight excluding hydrogens is 278 g/mol. The molecule has 116 valence electrons. The van der Waals surface area contributed by atoms with Crippen LogP contribution in [0.4, 0.5) is 0 Å². The quantitative estimate of drug-likeness (QED) is 0.561. The maximum absolute atomic E-state index is 11.9. The van der Waals surface area contributed by atoms with Crippen molar-refractivity contribution in [3.8, 4) is 0 Å². The Morgan fingerprint density at radius 3 is 2.10 bits per heavy atom. The monoisotopic (exact) mass is 297 g/mol. The number of carboxylic acids is 1. The van der Waals surface area contributed by atoms with E-state index in [4.69, 9.17) is 4.74 Å². The lowest BCUT2D eigenvalue weighted by Gasteiger charge is -2.27. The molecule has 2 bridgehead atoms. The van der Waals surface area contributed by atoms with Gasteiger partial charge in [0.25, 0.3) is 0 Å². The van der Waals surface area contributed by atoms with Gasteiger partial charge in [0.05, 0.1) is 17.8 Å². The summed E-state index contributed by atoms with van der Waals surface area (Å²) >= 11 is 0. The Morgan fingerprint density at radius 1 is 1.05 bits per heavy atom. The highest BCUT2D eigenvalue weighted by atomic mass is 16.6. The van der Waals surface area contributed by atoms with Crippen molar-refractivity contribution in [3.05, 3.63) is 0 Å². The molecule has 21 heavy (non-hydrogen) atoms. The summed E-state index contributed by atoms with van der Waals surface area (Å²) in [6.07, 6.45) is 1.45. The molecule has 7 nitrogen and oxygen atoms in total. The summed E-state index contributed by atoms with van der Waals surface area (Å²) in [6, 6.07) is 0. The molecule has 2 rings (SSSR count). The highest BCUT2D eigenvalue weighted by molar-refractivity contribution is 5.91. The van der Waals surface area contributed by atoms with Crippen molar-refractivity contribution in [1.29, 1.82) is 0 Å². The third-order valence-corrected chi connectivity index (χ3v) is 4.40. The van der Waals surface area contributed by atoms with Gasteiger partial charge in [-0.25, -0.2) is 0 Å². The molecule has 4 unspecified atom stereocenters. The Morgan fingerprint density at radius 2 is 1.57 bits per heavy atom. The Balaban J connectivity index is 2.24. The Bertz CT molecular complexity index is 474. The van der Waals surface area contributed by atoms with Crippen LogP contribution in [-0.2, 0) is 23.9 Å². The van der Waals surface area contributed by atoms with Crippen molar-refractivity contribution in [1.82, 2.24) is 5.32 Å². The Labute approximate surface area is 122 Å². The van der Waals surface area contributed by atoms with Crippen molar-refractivity contribution in [2.75, 3.05) is 7.05 Å². The standard InChI is InChI=1S/C14H19NO6/c1-15-11(16)7-2-3-8(12(17)18)5-10-6-9(4-7)13(19)21-14(10)20/h7-10H,2-6H2,1H3,(H,15,16)(H,17,18). The second-order valence-electron chi connectivity index (χ2n) is 5.76. The number of amides is 1. The van der Waals surface area contributed by atoms with Gasteiger partial charge < -0.3 is 15.2 Å². The van der Waals surface area contributed by atoms with Crippen LogP contribution in [-0.4, -0.2) is 36.0 Å². The topological polar surface area (TPSA) is 110 Å². The molecule has 4 atom stereocenters. The van der Waals surface area contributed by atoms with E-state index in [2.05, 4.69) is 5.32 Å². The minimum absolute atomic E-state index is 0.165. The van der Waals surface area contributed by atoms with Crippen molar-refractivity contribution in [2.45, 2.75) is 32.1 Å². The first kappa shape index (κ1) is 15.5. The summed E-state index contributed by atoms with van der Waals surface area (Å²) < 4.78 is 4.73. The highest BCUT2D eigenvalue weighted by Gasteiger charge is 2.42. The summed E-state index contributed by atoms with van der Waals surface area (Å²) in [5, 5.41) is 11.8. The molecular formula is C14H19NO6. The van der Waals surface area contributed by atoms with Gasteiger partial charge in [0, 0.05) is 13.0 Å². The van der Waals surface area contributed by atoms with E-state index in [1.807, 2.05) is 0 Å². The fraction of sp³-hybridized carbons (Fsp3) is 0.714. The molecule has 7 heteroatoms. The summed E-state index contributed by atoms with van der Waals surface area (Å²) in [7, 11) is 1.51. The third-order valence-electron chi connectivity index (χ3n) is 4.40. The van der Waals surface area contributed by atoms with Gasteiger partial charge in [0.15, 0.2) is 0 Å². The number of carbonyl (C=O) groups excluding carboxylic acids is 3. The minimum atomic E-state index is -0.978. The number of fused-ring (bicyclic) bond motifs is 2. The van der Waals surface area contributed by atoms with Crippen molar-refractivity contribution in [3.63, 3.8) is 0 Å². The van der Waals surface area contributed by atoms with Crippen LogP contribution in [0.1, 0.15) is 32.1 Å². The molecule has 0 aromatic rings. The highest BCUT2D eigenvalue weighted by Crippen LogP contribution is 2.36. The normalized spacial score (nSPS) is 33.2. The largest absolute Gasteiger partial charge is 0.481 e.